The van der Waals surface area contributed by atoms with Gasteiger partial charge in [-0.05, 0) is 20.5 Å². The van der Waals surface area contributed by atoms with Crippen LogP contribution < -0.4 is 5.32 Å². The molecule has 2 N–H and O–H groups in total. The van der Waals surface area contributed by atoms with Gasteiger partial charge in [-0.3, -0.25) is 0 Å². The summed E-state index contributed by atoms with van der Waals surface area (Å²) >= 11 is 0. The second-order valence-corrected chi connectivity index (χ2v) is 2.95. The van der Waals surface area contributed by atoms with Gasteiger partial charge in [-0.25, -0.2) is 0 Å². The van der Waals surface area contributed by atoms with Gasteiger partial charge in [0.15, 0.2) is 0 Å². The van der Waals surface area contributed by atoms with Crippen molar-refractivity contribution in [2.75, 3.05) is 33.2 Å². The Morgan fingerprint density at radius 3 is 2.64 bits per heavy atom. The molecule has 3 heteroatoms. The molecule has 3 nitrogen and oxygen atoms in total. The van der Waals surface area contributed by atoms with Crippen LogP contribution in [0.25, 0.3) is 0 Å². The first-order valence-corrected chi connectivity index (χ1v) is 4.24. The highest BCUT2D eigenvalue weighted by atomic mass is 16.3. The quantitative estimate of drug-likeness (QED) is 0.533. The zero-order valence-corrected chi connectivity index (χ0v) is 7.80. The molecule has 0 aliphatic rings. The van der Waals surface area contributed by atoms with Gasteiger partial charge in [-0.15, -0.1) is 0 Å². The second kappa shape index (κ2) is 6.58. The highest BCUT2D eigenvalue weighted by Gasteiger charge is 1.95. The lowest BCUT2D eigenvalue weighted by Crippen LogP contribution is -2.32. The third kappa shape index (κ3) is 7.78. The Balaban J connectivity index is 3.01. The highest BCUT2D eigenvalue weighted by Crippen LogP contribution is 1.78. The van der Waals surface area contributed by atoms with Crippen molar-refractivity contribution in [2.45, 2.75) is 20.0 Å². The Hall–Kier alpha value is -0.120. The molecule has 68 valence electrons. The third-order valence-corrected chi connectivity index (χ3v) is 1.65. The first-order chi connectivity index (χ1) is 5.16. The van der Waals surface area contributed by atoms with Crippen molar-refractivity contribution in [3.05, 3.63) is 0 Å². The molecule has 0 heterocycles. The normalized spacial score (nSPS) is 13.9. The smallest absolute Gasteiger partial charge is 0.0636 e. The molecular weight excluding hydrogens is 140 g/mol. The molecule has 0 amide bonds. The van der Waals surface area contributed by atoms with E-state index in [1.165, 1.54) is 0 Å². The van der Waals surface area contributed by atoms with Crippen LogP contribution in [0.5, 0.6) is 0 Å². The van der Waals surface area contributed by atoms with Crippen molar-refractivity contribution in [3.8, 4) is 0 Å². The molecule has 0 spiro atoms. The first-order valence-electron chi connectivity index (χ1n) is 4.24. The van der Waals surface area contributed by atoms with Gasteiger partial charge in [-0.2, -0.15) is 0 Å². The van der Waals surface area contributed by atoms with Gasteiger partial charge in [0, 0.05) is 19.6 Å². The molecule has 0 aliphatic heterocycles. The molecule has 0 saturated heterocycles. The lowest BCUT2D eigenvalue weighted by Gasteiger charge is -2.14. The molecule has 0 rings (SSSR count). The van der Waals surface area contributed by atoms with Crippen LogP contribution in [0.4, 0.5) is 0 Å². The van der Waals surface area contributed by atoms with Gasteiger partial charge in [0.2, 0.25) is 0 Å². The molecular formula is C8H20N2O. The fourth-order valence-electron chi connectivity index (χ4n) is 0.739. The van der Waals surface area contributed by atoms with Crippen LogP contribution in [0.2, 0.25) is 0 Å². The van der Waals surface area contributed by atoms with E-state index in [4.69, 9.17) is 5.11 Å². The minimum absolute atomic E-state index is 0.234. The maximum Gasteiger partial charge on any atom is 0.0636 e. The Morgan fingerprint density at radius 2 is 2.18 bits per heavy atom. The van der Waals surface area contributed by atoms with Crippen LogP contribution in [-0.4, -0.2) is 49.3 Å². The number of nitrogens with one attached hydrogen (secondary N) is 1. The summed E-state index contributed by atoms with van der Waals surface area (Å²) in [5.74, 6) is 0. The molecule has 0 aromatic carbocycles. The molecule has 0 aromatic heterocycles. The monoisotopic (exact) mass is 160 g/mol. The number of aliphatic hydroxyl groups is 1. The lowest BCUT2D eigenvalue weighted by molar-refractivity contribution is 0.189. The Bertz CT molecular complexity index is 86.2. The van der Waals surface area contributed by atoms with Crippen LogP contribution in [0, 0.1) is 0 Å². The zero-order chi connectivity index (χ0) is 8.69. The van der Waals surface area contributed by atoms with Gasteiger partial charge >= 0.3 is 0 Å². The highest BCUT2D eigenvalue weighted by molar-refractivity contribution is 4.55. The Kier molecular flexibility index (Phi) is 6.51. The van der Waals surface area contributed by atoms with Crippen molar-refractivity contribution in [1.29, 1.82) is 0 Å². The van der Waals surface area contributed by atoms with Crippen LogP contribution >= 0.6 is 0 Å². The molecule has 0 aliphatic carbocycles. The fraction of sp³-hybridized carbons (Fsp3) is 1.00. The topological polar surface area (TPSA) is 35.5 Å². The molecule has 0 fully saturated rings. The number of aliphatic hydroxyl groups excluding tert-OH is 1. The second-order valence-electron chi connectivity index (χ2n) is 2.95. The average Bonchev–Trinajstić information content (AvgIpc) is 1.97. The summed E-state index contributed by atoms with van der Waals surface area (Å²) in [5.41, 5.74) is 0. The molecule has 1 atom stereocenters. The van der Waals surface area contributed by atoms with Crippen LogP contribution in [0.15, 0.2) is 0 Å². The van der Waals surface area contributed by atoms with E-state index < -0.39 is 0 Å². The summed E-state index contributed by atoms with van der Waals surface area (Å²) in [6.07, 6.45) is -0.234. The average molecular weight is 160 g/mol. The van der Waals surface area contributed by atoms with Crippen molar-refractivity contribution >= 4 is 0 Å². The maximum atomic E-state index is 8.90. The fourth-order valence-corrected chi connectivity index (χ4v) is 0.739. The zero-order valence-electron chi connectivity index (χ0n) is 7.80. The van der Waals surface area contributed by atoms with Crippen molar-refractivity contribution in [3.63, 3.8) is 0 Å². The van der Waals surface area contributed by atoms with Crippen LogP contribution in [-0.2, 0) is 0 Å². The first kappa shape index (κ1) is 10.9. The van der Waals surface area contributed by atoms with Crippen molar-refractivity contribution in [2.24, 2.45) is 0 Å². The SMILES string of the molecule is CCN(C)CCNC[C@H](C)O. The van der Waals surface area contributed by atoms with Crippen LogP contribution in [0.3, 0.4) is 0 Å². The molecule has 0 aromatic rings. The van der Waals surface area contributed by atoms with E-state index in [9.17, 15) is 0 Å². The number of hydrogen-bond donors (Lipinski definition) is 2. The van der Waals surface area contributed by atoms with E-state index in [1.807, 2.05) is 0 Å². The summed E-state index contributed by atoms with van der Waals surface area (Å²) in [6, 6.07) is 0. The van der Waals surface area contributed by atoms with Crippen molar-refractivity contribution < 1.29 is 5.11 Å². The molecule has 11 heavy (non-hydrogen) atoms. The van der Waals surface area contributed by atoms with Gasteiger partial charge in [0.25, 0.3) is 0 Å². The summed E-state index contributed by atoms with van der Waals surface area (Å²) in [7, 11) is 2.09. The molecule has 0 saturated carbocycles. The van der Waals surface area contributed by atoms with E-state index in [1.54, 1.807) is 6.92 Å². The van der Waals surface area contributed by atoms with E-state index in [0.29, 0.717) is 6.54 Å². The van der Waals surface area contributed by atoms with Crippen molar-refractivity contribution in [1.82, 2.24) is 10.2 Å². The maximum absolute atomic E-state index is 8.90. The van der Waals surface area contributed by atoms with Gasteiger partial charge in [-0.1, -0.05) is 6.92 Å². The molecule has 0 unspecified atom stereocenters. The van der Waals surface area contributed by atoms with E-state index >= 15 is 0 Å². The van der Waals surface area contributed by atoms with E-state index in [0.717, 1.165) is 19.6 Å². The van der Waals surface area contributed by atoms with Crippen LogP contribution in [0.1, 0.15) is 13.8 Å². The summed E-state index contributed by atoms with van der Waals surface area (Å²) in [4.78, 5) is 2.23. The number of likely N-dealkylation sites (N-methyl/N-ethyl adjacent to an activating group) is 1. The molecule has 0 bridgehead atoms. The molecule has 0 radical (unpaired) electrons. The van der Waals surface area contributed by atoms with Gasteiger partial charge in [0.05, 0.1) is 6.10 Å². The third-order valence-electron chi connectivity index (χ3n) is 1.65. The van der Waals surface area contributed by atoms with E-state index in [-0.39, 0.29) is 6.10 Å². The number of rotatable bonds is 6. The minimum Gasteiger partial charge on any atom is -0.392 e. The predicted molar refractivity (Wildman–Crippen MR) is 47.7 cm³/mol. The largest absolute Gasteiger partial charge is 0.392 e. The number of nitrogens with zero attached hydrogens (tertiary/aromatic N) is 1. The van der Waals surface area contributed by atoms with Gasteiger partial charge in [0.1, 0.15) is 0 Å². The summed E-state index contributed by atoms with van der Waals surface area (Å²) < 4.78 is 0. The Labute approximate surface area is 69.4 Å². The van der Waals surface area contributed by atoms with E-state index in [2.05, 4.69) is 24.2 Å². The minimum atomic E-state index is -0.234. The summed E-state index contributed by atoms with van der Waals surface area (Å²) in [6.45, 7) is 7.69. The standard InChI is InChI=1S/C8H20N2O/c1-4-10(3)6-5-9-7-8(2)11/h8-9,11H,4-7H2,1-3H3/t8-/m0/s1. The Morgan fingerprint density at radius 1 is 1.55 bits per heavy atom. The summed E-state index contributed by atoms with van der Waals surface area (Å²) in [5, 5.41) is 12.1. The predicted octanol–water partition coefficient (Wildman–Crippen LogP) is -0.0915. The number of hydrogen-bond acceptors (Lipinski definition) is 3. The van der Waals surface area contributed by atoms with Gasteiger partial charge < -0.3 is 15.3 Å². The lowest BCUT2D eigenvalue weighted by atomic mass is 10.4.